The van der Waals surface area contributed by atoms with Gasteiger partial charge in [0.1, 0.15) is 11.3 Å². The first kappa shape index (κ1) is 23.5. The molecule has 8 heteroatoms. The summed E-state index contributed by atoms with van der Waals surface area (Å²) in [6, 6.07) is 19.5. The minimum Gasteiger partial charge on any atom is -0.466 e. The molecule has 3 rings (SSSR count). The third-order valence-corrected chi connectivity index (χ3v) is 4.86. The Hall–Kier alpha value is -4.20. The topological polar surface area (TPSA) is 117 Å². The lowest BCUT2D eigenvalue weighted by atomic mass is 9.98. The highest BCUT2D eigenvalue weighted by Gasteiger charge is 2.20. The number of aromatic amines is 1. The number of rotatable bonds is 9. The zero-order valence-electron chi connectivity index (χ0n) is 18.2. The predicted molar refractivity (Wildman–Crippen MR) is 123 cm³/mol. The fraction of sp³-hybridized carbons (Fsp3) is 0.200. The average Bonchev–Trinajstić information content (AvgIpc) is 2.83. The Bertz CT molecular complexity index is 1120. The first-order valence-electron chi connectivity index (χ1n) is 10.6. The molecule has 0 fully saturated rings. The molecule has 33 heavy (non-hydrogen) atoms. The molecule has 1 heterocycles. The zero-order chi connectivity index (χ0) is 23.6. The number of ether oxygens (including phenoxy) is 1. The van der Waals surface area contributed by atoms with Crippen LogP contribution in [-0.2, 0) is 9.53 Å². The Morgan fingerprint density at radius 3 is 2.09 bits per heavy atom. The molecular formula is C25H25N3O5. The number of pyridine rings is 1. The molecule has 3 aromatic rings. The molecule has 0 aliphatic rings. The minimum absolute atomic E-state index is 0.0110. The van der Waals surface area contributed by atoms with Crippen LogP contribution >= 0.6 is 0 Å². The van der Waals surface area contributed by atoms with Crippen molar-refractivity contribution in [3.8, 4) is 0 Å². The number of hydrogen-bond donors (Lipinski definition) is 3. The van der Waals surface area contributed by atoms with Gasteiger partial charge < -0.3 is 20.4 Å². The second-order valence-corrected chi connectivity index (χ2v) is 7.16. The van der Waals surface area contributed by atoms with E-state index >= 15 is 0 Å². The maximum Gasteiger partial charge on any atom is 0.307 e. The van der Waals surface area contributed by atoms with Crippen LogP contribution in [0.4, 0.5) is 0 Å². The van der Waals surface area contributed by atoms with Gasteiger partial charge in [-0.25, -0.2) is 0 Å². The second kappa shape index (κ2) is 11.4. The summed E-state index contributed by atoms with van der Waals surface area (Å²) in [4.78, 5) is 51.8. The maximum atomic E-state index is 12.9. The molecule has 0 spiro atoms. The number of H-pyrrole nitrogens is 1. The van der Waals surface area contributed by atoms with Crippen molar-refractivity contribution in [1.29, 1.82) is 0 Å². The van der Waals surface area contributed by atoms with Crippen molar-refractivity contribution < 1.29 is 19.1 Å². The van der Waals surface area contributed by atoms with Gasteiger partial charge in [0.2, 0.25) is 0 Å². The van der Waals surface area contributed by atoms with Crippen molar-refractivity contribution >= 4 is 17.8 Å². The van der Waals surface area contributed by atoms with Crippen LogP contribution in [0.15, 0.2) is 77.7 Å². The average molecular weight is 447 g/mol. The van der Waals surface area contributed by atoms with E-state index in [1.165, 1.54) is 6.20 Å². The van der Waals surface area contributed by atoms with Gasteiger partial charge in [0.05, 0.1) is 19.1 Å². The van der Waals surface area contributed by atoms with Crippen LogP contribution in [0.5, 0.6) is 0 Å². The molecule has 0 aliphatic heterocycles. The summed E-state index contributed by atoms with van der Waals surface area (Å²) < 4.78 is 4.79. The molecule has 0 atom stereocenters. The molecule has 0 bridgehead atoms. The van der Waals surface area contributed by atoms with Crippen LogP contribution in [0.25, 0.3) is 0 Å². The number of benzene rings is 2. The maximum absolute atomic E-state index is 12.9. The number of amides is 2. The lowest BCUT2D eigenvalue weighted by molar-refractivity contribution is -0.142. The number of carbonyl (C=O) groups excluding carboxylic acids is 3. The van der Waals surface area contributed by atoms with Gasteiger partial charge >= 0.3 is 5.97 Å². The molecular weight excluding hydrogens is 422 g/mol. The van der Waals surface area contributed by atoms with E-state index in [1.54, 1.807) is 6.92 Å². The van der Waals surface area contributed by atoms with Gasteiger partial charge in [0.25, 0.3) is 11.8 Å². The Morgan fingerprint density at radius 2 is 1.55 bits per heavy atom. The van der Waals surface area contributed by atoms with E-state index in [0.717, 1.165) is 17.2 Å². The van der Waals surface area contributed by atoms with Crippen molar-refractivity contribution in [2.24, 2.45) is 0 Å². The second-order valence-electron chi connectivity index (χ2n) is 7.16. The van der Waals surface area contributed by atoms with Crippen molar-refractivity contribution in [3.63, 3.8) is 0 Å². The number of esters is 1. The minimum atomic E-state index is -0.596. The third-order valence-electron chi connectivity index (χ3n) is 4.86. The number of hydrogen-bond acceptors (Lipinski definition) is 5. The highest BCUT2D eigenvalue weighted by Crippen LogP contribution is 2.22. The largest absolute Gasteiger partial charge is 0.466 e. The highest BCUT2D eigenvalue weighted by molar-refractivity contribution is 5.96. The van der Waals surface area contributed by atoms with Gasteiger partial charge in [-0.05, 0) is 18.1 Å². The van der Waals surface area contributed by atoms with Crippen molar-refractivity contribution in [1.82, 2.24) is 15.6 Å². The monoisotopic (exact) mass is 447 g/mol. The predicted octanol–water partition coefficient (Wildman–Crippen LogP) is 2.58. The molecule has 2 amide bonds. The summed E-state index contributed by atoms with van der Waals surface area (Å²) >= 11 is 0. The Kier molecular flexibility index (Phi) is 8.13. The fourth-order valence-corrected chi connectivity index (χ4v) is 3.25. The lowest BCUT2D eigenvalue weighted by Crippen LogP contribution is -2.34. The quantitative estimate of drug-likeness (QED) is 0.436. The van der Waals surface area contributed by atoms with E-state index in [-0.39, 0.29) is 30.8 Å². The molecule has 170 valence electrons. The summed E-state index contributed by atoms with van der Waals surface area (Å²) in [6.45, 7) is 2.03. The van der Waals surface area contributed by atoms with Crippen molar-refractivity contribution in [2.45, 2.75) is 19.4 Å². The van der Waals surface area contributed by atoms with Crippen LogP contribution in [0.3, 0.4) is 0 Å². The molecule has 0 unspecified atom stereocenters. The number of carbonyl (C=O) groups is 3. The normalized spacial score (nSPS) is 10.5. The van der Waals surface area contributed by atoms with E-state index < -0.39 is 29.3 Å². The van der Waals surface area contributed by atoms with Crippen LogP contribution in [-0.4, -0.2) is 35.9 Å². The molecule has 0 saturated heterocycles. The molecule has 8 nitrogen and oxygen atoms in total. The summed E-state index contributed by atoms with van der Waals surface area (Å²) in [7, 11) is 0. The smallest absolute Gasteiger partial charge is 0.307 e. The molecule has 2 aromatic carbocycles. The Labute approximate surface area is 191 Å². The van der Waals surface area contributed by atoms with Gasteiger partial charge in [0, 0.05) is 18.8 Å². The van der Waals surface area contributed by atoms with Gasteiger partial charge in [-0.2, -0.15) is 0 Å². The summed E-state index contributed by atoms with van der Waals surface area (Å²) in [6.07, 6.45) is 1.23. The Balaban J connectivity index is 1.72. The zero-order valence-corrected chi connectivity index (χ0v) is 18.2. The van der Waals surface area contributed by atoms with Gasteiger partial charge in [0.15, 0.2) is 5.43 Å². The van der Waals surface area contributed by atoms with Crippen LogP contribution < -0.4 is 16.1 Å². The van der Waals surface area contributed by atoms with Crippen LogP contribution in [0.1, 0.15) is 51.4 Å². The van der Waals surface area contributed by atoms with E-state index in [4.69, 9.17) is 4.74 Å². The molecule has 3 N–H and O–H groups in total. The van der Waals surface area contributed by atoms with E-state index in [1.807, 2.05) is 60.7 Å². The van der Waals surface area contributed by atoms with Crippen molar-refractivity contribution in [2.75, 3.05) is 13.2 Å². The molecule has 0 radical (unpaired) electrons. The van der Waals surface area contributed by atoms with Crippen molar-refractivity contribution in [3.05, 3.63) is 106 Å². The summed E-state index contributed by atoms with van der Waals surface area (Å²) in [5.74, 6) is -1.55. The number of aromatic nitrogens is 1. The SMILES string of the molecule is CCOC(=O)CCNC(=O)c1cc(=O)c(C(=O)NC(c2ccccc2)c2ccccc2)c[nH]1. The molecule has 0 saturated carbocycles. The van der Waals surface area contributed by atoms with Crippen LogP contribution in [0, 0.1) is 0 Å². The first-order valence-corrected chi connectivity index (χ1v) is 10.6. The van der Waals surface area contributed by atoms with E-state index in [2.05, 4.69) is 15.6 Å². The Morgan fingerprint density at radius 1 is 0.939 bits per heavy atom. The fourth-order valence-electron chi connectivity index (χ4n) is 3.25. The third kappa shape index (κ3) is 6.39. The summed E-state index contributed by atoms with van der Waals surface area (Å²) in [5, 5.41) is 5.43. The highest BCUT2D eigenvalue weighted by atomic mass is 16.5. The lowest BCUT2D eigenvalue weighted by Gasteiger charge is -2.20. The molecule has 1 aromatic heterocycles. The van der Waals surface area contributed by atoms with E-state index in [9.17, 15) is 19.2 Å². The molecule has 0 aliphatic carbocycles. The van der Waals surface area contributed by atoms with Crippen LogP contribution in [0.2, 0.25) is 0 Å². The van der Waals surface area contributed by atoms with Gasteiger partial charge in [-0.3, -0.25) is 19.2 Å². The summed E-state index contributed by atoms with van der Waals surface area (Å²) in [5.41, 5.74) is 1.01. The van der Waals surface area contributed by atoms with E-state index in [0.29, 0.717) is 0 Å². The standard InChI is InChI=1S/C25H25N3O5/c1-2-33-22(30)13-14-26-25(32)20-15-21(29)19(16-27-20)24(31)28-23(17-9-5-3-6-10-17)18-11-7-4-8-12-18/h3-12,15-16,23H,2,13-14H2,1H3,(H,26,32)(H,27,29)(H,28,31). The van der Waals surface area contributed by atoms with Gasteiger partial charge in [-0.15, -0.1) is 0 Å². The first-order chi connectivity index (χ1) is 16.0. The van der Waals surface area contributed by atoms with Gasteiger partial charge in [-0.1, -0.05) is 60.7 Å². The number of nitrogens with one attached hydrogen (secondary N) is 3.